The minimum atomic E-state index is -0.526. The van der Waals surface area contributed by atoms with Crippen LogP contribution < -0.4 is 15.5 Å². The van der Waals surface area contributed by atoms with Gasteiger partial charge in [0.15, 0.2) is 0 Å². The number of rotatable bonds is 2. The maximum absolute atomic E-state index is 11.8. The molecule has 2 aliphatic heterocycles. The molecule has 2 unspecified atom stereocenters. The van der Waals surface area contributed by atoms with Gasteiger partial charge in [-0.05, 0) is 39.3 Å². The first-order valence-electron chi connectivity index (χ1n) is 8.87. The van der Waals surface area contributed by atoms with Gasteiger partial charge in [0.1, 0.15) is 18.0 Å². The van der Waals surface area contributed by atoms with E-state index in [0.29, 0.717) is 13.2 Å². The van der Waals surface area contributed by atoms with Crippen LogP contribution in [-0.2, 0) is 14.0 Å². The monoisotopic (exact) mass is 349 g/mol. The molecule has 1 amide bonds. The lowest BCUT2D eigenvalue weighted by atomic mass is 9.77. The van der Waals surface area contributed by atoms with Gasteiger partial charge in [0.05, 0.1) is 12.2 Å². The van der Waals surface area contributed by atoms with Crippen LogP contribution in [0.4, 0.5) is 4.79 Å². The average Bonchev–Trinajstić information content (AvgIpc) is 2.80. The van der Waals surface area contributed by atoms with E-state index in [9.17, 15) is 4.79 Å². The highest BCUT2D eigenvalue weighted by Crippen LogP contribution is 2.30. The van der Waals surface area contributed by atoms with Crippen LogP contribution in [0.15, 0.2) is 18.2 Å². The van der Waals surface area contributed by atoms with Gasteiger partial charge in [-0.3, -0.25) is 0 Å². The standard InChI is InChI=1S/C16H22BNO5.C2H6/c1-10-9-20-12-7-5-6-11-13(23-17(22-10)14(11)12)8-18-15(19)21-16(2,3)4;1-2/h5-7,10,13H,8-9H2,1-4H3,(H,18,19);1-2H3. The summed E-state index contributed by atoms with van der Waals surface area (Å²) in [6.07, 6.45) is -0.797. The van der Waals surface area contributed by atoms with Gasteiger partial charge in [-0.25, -0.2) is 4.79 Å². The third-order valence-electron chi connectivity index (χ3n) is 3.63. The normalized spacial score (nSPS) is 21.3. The van der Waals surface area contributed by atoms with Crippen LogP contribution in [-0.4, -0.2) is 38.1 Å². The van der Waals surface area contributed by atoms with Gasteiger partial charge in [0.2, 0.25) is 0 Å². The van der Waals surface area contributed by atoms with Crippen molar-refractivity contribution in [2.45, 2.75) is 59.4 Å². The first kappa shape index (κ1) is 19.6. The Labute approximate surface area is 150 Å². The molecule has 0 spiro atoms. The first-order chi connectivity index (χ1) is 11.8. The van der Waals surface area contributed by atoms with Crippen LogP contribution in [0.1, 0.15) is 53.2 Å². The minimum absolute atomic E-state index is 0.0576. The van der Waals surface area contributed by atoms with Crippen LogP contribution in [0, 0.1) is 0 Å². The summed E-state index contributed by atoms with van der Waals surface area (Å²) < 4.78 is 22.9. The van der Waals surface area contributed by atoms with E-state index in [2.05, 4.69) is 5.32 Å². The number of carbonyl (C=O) groups is 1. The Bertz CT molecular complexity index is 602. The van der Waals surface area contributed by atoms with Crippen LogP contribution in [0.2, 0.25) is 0 Å². The summed E-state index contributed by atoms with van der Waals surface area (Å²) in [5.41, 5.74) is 1.38. The van der Waals surface area contributed by atoms with E-state index in [4.69, 9.17) is 18.8 Å². The van der Waals surface area contributed by atoms with Crippen molar-refractivity contribution in [1.82, 2.24) is 5.32 Å². The van der Waals surface area contributed by atoms with Crippen molar-refractivity contribution in [2.75, 3.05) is 13.2 Å². The molecule has 0 saturated carbocycles. The Balaban J connectivity index is 0.00000109. The third-order valence-corrected chi connectivity index (χ3v) is 3.63. The molecular weight excluding hydrogens is 321 g/mol. The van der Waals surface area contributed by atoms with Crippen molar-refractivity contribution in [2.24, 2.45) is 0 Å². The van der Waals surface area contributed by atoms with E-state index in [1.165, 1.54) is 0 Å². The largest absolute Gasteiger partial charge is 0.498 e. The van der Waals surface area contributed by atoms with Crippen LogP contribution in [0.5, 0.6) is 5.75 Å². The van der Waals surface area contributed by atoms with Crippen molar-refractivity contribution in [3.63, 3.8) is 0 Å². The molecule has 138 valence electrons. The molecule has 2 heterocycles. The summed E-state index contributed by atoms with van der Waals surface area (Å²) in [6.45, 7) is 12.2. The lowest BCUT2D eigenvalue weighted by Crippen LogP contribution is -2.36. The highest BCUT2D eigenvalue weighted by atomic mass is 16.6. The zero-order valence-corrected chi connectivity index (χ0v) is 15.9. The Morgan fingerprint density at radius 1 is 1.32 bits per heavy atom. The van der Waals surface area contributed by atoms with Crippen molar-refractivity contribution in [1.29, 1.82) is 0 Å². The maximum Gasteiger partial charge on any atom is 0.498 e. The highest BCUT2D eigenvalue weighted by molar-refractivity contribution is 6.64. The van der Waals surface area contributed by atoms with E-state index in [-0.39, 0.29) is 12.2 Å². The number of ether oxygens (including phenoxy) is 2. The Morgan fingerprint density at radius 3 is 2.72 bits per heavy atom. The van der Waals surface area contributed by atoms with Gasteiger partial charge in [-0.1, -0.05) is 26.0 Å². The number of benzene rings is 1. The Morgan fingerprint density at radius 2 is 2.04 bits per heavy atom. The molecule has 25 heavy (non-hydrogen) atoms. The fraction of sp³-hybridized carbons (Fsp3) is 0.611. The van der Waals surface area contributed by atoms with Gasteiger partial charge < -0.3 is 24.1 Å². The lowest BCUT2D eigenvalue weighted by molar-refractivity contribution is 0.0485. The van der Waals surface area contributed by atoms with E-state index >= 15 is 0 Å². The second kappa shape index (κ2) is 8.10. The molecule has 6 nitrogen and oxygen atoms in total. The first-order valence-corrected chi connectivity index (χ1v) is 8.87. The molecular formula is C18H28BNO5. The fourth-order valence-corrected chi connectivity index (χ4v) is 2.72. The molecule has 0 bridgehead atoms. The minimum Gasteiger partial charge on any atom is -0.491 e. The number of alkyl carbamates (subject to hydrolysis) is 1. The Hall–Kier alpha value is -1.73. The summed E-state index contributed by atoms with van der Waals surface area (Å²) in [4.78, 5) is 11.8. The van der Waals surface area contributed by atoms with Crippen molar-refractivity contribution >= 4 is 18.7 Å². The molecule has 2 aliphatic rings. The molecule has 7 heteroatoms. The number of amides is 1. The molecule has 1 aromatic rings. The number of hydrogen-bond donors (Lipinski definition) is 1. The van der Waals surface area contributed by atoms with Gasteiger partial charge >= 0.3 is 13.2 Å². The van der Waals surface area contributed by atoms with Crippen LogP contribution in [0.25, 0.3) is 0 Å². The third kappa shape index (κ3) is 4.89. The van der Waals surface area contributed by atoms with E-state index in [1.807, 2.05) is 59.7 Å². The van der Waals surface area contributed by atoms with Gasteiger partial charge in [0.25, 0.3) is 0 Å². The number of nitrogens with one attached hydrogen (secondary N) is 1. The van der Waals surface area contributed by atoms with Crippen LogP contribution >= 0.6 is 0 Å². The zero-order valence-electron chi connectivity index (χ0n) is 15.9. The second-order valence-electron chi connectivity index (χ2n) is 6.86. The molecule has 3 rings (SSSR count). The van der Waals surface area contributed by atoms with Crippen molar-refractivity contribution < 1.29 is 23.6 Å². The van der Waals surface area contributed by atoms with Crippen molar-refractivity contribution in [3.8, 4) is 5.75 Å². The van der Waals surface area contributed by atoms with Crippen molar-refractivity contribution in [3.05, 3.63) is 23.8 Å². The summed E-state index contributed by atoms with van der Waals surface area (Å²) in [5.74, 6) is 0.789. The van der Waals surface area contributed by atoms with Gasteiger partial charge in [-0.15, -0.1) is 0 Å². The average molecular weight is 349 g/mol. The second-order valence-corrected chi connectivity index (χ2v) is 6.86. The maximum atomic E-state index is 11.8. The predicted molar refractivity (Wildman–Crippen MR) is 97.3 cm³/mol. The molecule has 2 atom stereocenters. The summed E-state index contributed by atoms with van der Waals surface area (Å²) in [5, 5.41) is 2.75. The number of hydrogen-bond acceptors (Lipinski definition) is 5. The zero-order chi connectivity index (χ0) is 18.6. The van der Waals surface area contributed by atoms with Gasteiger partial charge in [0, 0.05) is 12.0 Å². The smallest absolute Gasteiger partial charge is 0.491 e. The quantitative estimate of drug-likeness (QED) is 0.832. The SMILES string of the molecule is CC.CC1COc2cccc3c2B(O1)OC3CNC(=O)OC(C)(C)C. The summed E-state index contributed by atoms with van der Waals surface area (Å²) in [7, 11) is -0.455. The lowest BCUT2D eigenvalue weighted by Gasteiger charge is -2.21. The molecule has 0 saturated heterocycles. The predicted octanol–water partition coefficient (Wildman–Crippen LogP) is 2.80. The van der Waals surface area contributed by atoms with E-state index in [0.717, 1.165) is 16.8 Å². The van der Waals surface area contributed by atoms with Gasteiger partial charge in [-0.2, -0.15) is 0 Å². The molecule has 0 radical (unpaired) electrons. The Kier molecular flexibility index (Phi) is 6.35. The number of carbonyl (C=O) groups excluding carboxylic acids is 1. The highest BCUT2D eigenvalue weighted by Gasteiger charge is 2.42. The summed E-state index contributed by atoms with van der Waals surface area (Å²) >= 11 is 0. The molecule has 0 aliphatic carbocycles. The van der Waals surface area contributed by atoms with Crippen LogP contribution in [0.3, 0.4) is 0 Å². The molecule has 1 N–H and O–H groups in total. The summed E-state index contributed by atoms with van der Waals surface area (Å²) in [6, 6.07) is 5.82. The topological polar surface area (TPSA) is 66.0 Å². The molecule has 1 aromatic carbocycles. The van der Waals surface area contributed by atoms with E-state index < -0.39 is 18.8 Å². The molecule has 0 fully saturated rings. The molecule has 0 aromatic heterocycles. The fourth-order valence-electron chi connectivity index (χ4n) is 2.72. The van der Waals surface area contributed by atoms with E-state index in [1.54, 1.807) is 0 Å².